The zero-order chi connectivity index (χ0) is 12.1. The highest BCUT2D eigenvalue weighted by atomic mass is 35.7. The molecule has 0 aliphatic rings. The number of methoxy groups -OCH3 is 1. The highest BCUT2D eigenvalue weighted by Gasteiger charge is 2.06. The van der Waals surface area contributed by atoms with Crippen molar-refractivity contribution >= 4 is 48.9 Å². The first-order chi connectivity index (χ1) is 6.74. The number of rotatable bonds is 1. The largest absolute Gasteiger partial charge is 0.465 e. The van der Waals surface area contributed by atoms with Crippen molar-refractivity contribution in [3.8, 4) is 0 Å². The van der Waals surface area contributed by atoms with Crippen LogP contribution in [0.5, 0.6) is 0 Å². The number of carbonyl (C=O) groups excluding carboxylic acids is 1. The van der Waals surface area contributed by atoms with Crippen molar-refractivity contribution in [1.82, 2.24) is 0 Å². The van der Waals surface area contributed by atoms with Crippen molar-refractivity contribution in [1.29, 1.82) is 0 Å². The van der Waals surface area contributed by atoms with Gasteiger partial charge in [0, 0.05) is 16.1 Å². The fraction of sp³-hybridized carbons (Fsp3) is 0.167. The molecule has 0 unspecified atom stereocenters. The molecule has 1 rings (SSSR count). The molecule has 86 valence electrons. The topological polar surface area (TPSA) is 80.7 Å². The van der Waals surface area contributed by atoms with Crippen molar-refractivity contribution in [3.63, 3.8) is 0 Å². The van der Waals surface area contributed by atoms with Gasteiger partial charge in [0.15, 0.2) is 0 Å². The quantitative estimate of drug-likeness (QED) is 0.488. The molecule has 0 amide bonds. The predicted octanol–water partition coefficient (Wildman–Crippen LogP) is 2.22. The first-order valence-corrected chi connectivity index (χ1v) is 6.76. The van der Waals surface area contributed by atoms with Gasteiger partial charge in [-0.15, -0.1) is 11.3 Å². The molecular weight excluding hydrogens is 287 g/mol. The van der Waals surface area contributed by atoms with Gasteiger partial charge in [-0.1, -0.05) is 11.6 Å². The van der Waals surface area contributed by atoms with Gasteiger partial charge in [-0.2, -0.15) is 8.42 Å². The summed E-state index contributed by atoms with van der Waals surface area (Å²) < 4.78 is 30.2. The zero-order valence-electron chi connectivity index (χ0n) is 7.31. The van der Waals surface area contributed by atoms with Crippen LogP contribution in [0.15, 0.2) is 11.4 Å². The van der Waals surface area contributed by atoms with Crippen LogP contribution in [0.2, 0.25) is 4.34 Å². The van der Waals surface area contributed by atoms with Crippen molar-refractivity contribution in [3.05, 3.63) is 21.3 Å². The molecule has 9 heteroatoms. The lowest BCUT2D eigenvalue weighted by molar-refractivity contribution is 0.0601. The average Bonchev–Trinajstić information content (AvgIpc) is 2.47. The van der Waals surface area contributed by atoms with E-state index >= 15 is 0 Å². The number of carbonyl (C=O) groups is 1. The highest BCUT2D eigenvalue weighted by molar-refractivity contribution is 8.09. The van der Waals surface area contributed by atoms with Gasteiger partial charge in [-0.05, 0) is 6.07 Å². The zero-order valence-corrected chi connectivity index (χ0v) is 10.5. The van der Waals surface area contributed by atoms with E-state index in [1.807, 2.05) is 0 Å². The lowest BCUT2D eigenvalue weighted by Gasteiger charge is -1.90. The van der Waals surface area contributed by atoms with Crippen molar-refractivity contribution in [2.45, 2.75) is 0 Å². The molecule has 0 bridgehead atoms. The van der Waals surface area contributed by atoms with Crippen LogP contribution >= 0.6 is 33.6 Å². The summed E-state index contributed by atoms with van der Waals surface area (Å²) in [6.45, 7) is 0. The first kappa shape index (κ1) is 14.7. The Morgan fingerprint density at radius 3 is 2.33 bits per heavy atom. The first-order valence-electron chi connectivity index (χ1n) is 3.23. The van der Waals surface area contributed by atoms with E-state index in [4.69, 9.17) is 24.6 Å². The van der Waals surface area contributed by atoms with E-state index < -0.39 is 9.33 Å². The van der Waals surface area contributed by atoms with Crippen LogP contribution < -0.4 is 0 Å². The Hall–Kier alpha value is -0.340. The molecule has 1 heterocycles. The maximum atomic E-state index is 10.8. The molecule has 1 aromatic heterocycles. The summed E-state index contributed by atoms with van der Waals surface area (Å²) in [5.74, 6) is -0.344. The number of thiophene rings is 1. The van der Waals surface area contributed by atoms with Gasteiger partial charge < -0.3 is 4.74 Å². The third-order valence-electron chi connectivity index (χ3n) is 0.989. The van der Waals surface area contributed by atoms with Crippen LogP contribution in [-0.4, -0.2) is 26.0 Å². The minimum absolute atomic E-state index is 0.344. The van der Waals surface area contributed by atoms with E-state index in [-0.39, 0.29) is 5.97 Å². The van der Waals surface area contributed by atoms with Crippen molar-refractivity contribution in [2.75, 3.05) is 7.11 Å². The molecule has 0 radical (unpaired) electrons. The number of ether oxygens (including phenoxy) is 1. The Balaban J connectivity index is 0.000000336. The van der Waals surface area contributed by atoms with Crippen LogP contribution in [0.3, 0.4) is 0 Å². The minimum atomic E-state index is -4.19. The maximum absolute atomic E-state index is 10.8. The number of hydrogen-bond donors (Lipinski definition) is 1. The van der Waals surface area contributed by atoms with Gasteiger partial charge in [-0.3, -0.25) is 4.55 Å². The Morgan fingerprint density at radius 2 is 2.07 bits per heavy atom. The van der Waals surface area contributed by atoms with E-state index in [1.54, 1.807) is 11.4 Å². The Kier molecular flexibility index (Phi) is 6.15. The standard InChI is InChI=1S/C6H5ClO2S.ClHO3S/c1-9-6(8)4-2-5(7)10-3-4;1-5(2,3)4/h2-3H,1H3;(H,2,3,4). The second-order valence-corrected chi connectivity index (χ2v) is 5.58. The lowest BCUT2D eigenvalue weighted by Crippen LogP contribution is -1.97. The molecule has 0 fully saturated rings. The van der Waals surface area contributed by atoms with Crippen LogP contribution in [0.4, 0.5) is 0 Å². The summed E-state index contributed by atoms with van der Waals surface area (Å²) in [6, 6.07) is 1.58. The second kappa shape index (κ2) is 6.29. The average molecular weight is 293 g/mol. The van der Waals surface area contributed by atoms with Crippen LogP contribution in [0, 0.1) is 0 Å². The van der Waals surface area contributed by atoms with Gasteiger partial charge in [-0.25, -0.2) is 4.79 Å². The van der Waals surface area contributed by atoms with Crippen LogP contribution in [0.25, 0.3) is 0 Å². The van der Waals surface area contributed by atoms with Crippen molar-refractivity contribution < 1.29 is 22.5 Å². The van der Waals surface area contributed by atoms with E-state index in [9.17, 15) is 4.79 Å². The van der Waals surface area contributed by atoms with E-state index in [2.05, 4.69) is 15.4 Å². The molecule has 0 atom stereocenters. The third kappa shape index (κ3) is 8.64. The minimum Gasteiger partial charge on any atom is -0.465 e. The maximum Gasteiger partial charge on any atom is 0.353 e. The van der Waals surface area contributed by atoms with Gasteiger partial charge >= 0.3 is 15.3 Å². The summed E-state index contributed by atoms with van der Waals surface area (Å²) in [5.41, 5.74) is 0.512. The monoisotopic (exact) mass is 292 g/mol. The molecule has 0 aromatic carbocycles. The second-order valence-electron chi connectivity index (χ2n) is 2.04. The van der Waals surface area contributed by atoms with Gasteiger partial charge in [0.05, 0.1) is 17.0 Å². The Labute approximate surface area is 99.8 Å². The summed E-state index contributed by atoms with van der Waals surface area (Å²) in [5, 5.41) is 1.66. The lowest BCUT2D eigenvalue weighted by atomic mass is 10.4. The van der Waals surface area contributed by atoms with E-state index in [0.717, 1.165) is 0 Å². The van der Waals surface area contributed by atoms with Gasteiger partial charge in [0.25, 0.3) is 0 Å². The summed E-state index contributed by atoms with van der Waals surface area (Å²) in [7, 11) is 1.20. The van der Waals surface area contributed by atoms with E-state index in [0.29, 0.717) is 9.90 Å². The molecular formula is C6H6Cl2O5S2. The highest BCUT2D eigenvalue weighted by Crippen LogP contribution is 2.20. The van der Waals surface area contributed by atoms with Crippen LogP contribution in [-0.2, 0) is 14.1 Å². The fourth-order valence-corrected chi connectivity index (χ4v) is 1.38. The number of esters is 1. The molecule has 1 N–H and O–H groups in total. The van der Waals surface area contributed by atoms with Gasteiger partial charge in [0.1, 0.15) is 0 Å². The molecule has 0 aliphatic carbocycles. The van der Waals surface area contributed by atoms with Crippen molar-refractivity contribution in [2.24, 2.45) is 0 Å². The number of hydrogen-bond acceptors (Lipinski definition) is 5. The molecule has 15 heavy (non-hydrogen) atoms. The SMILES string of the molecule is COC(=O)c1csc(Cl)c1.O=S(=O)(O)Cl. The number of halogens is 2. The van der Waals surface area contributed by atoms with Crippen LogP contribution in [0.1, 0.15) is 10.4 Å². The molecule has 1 aromatic rings. The summed E-state index contributed by atoms with van der Waals surface area (Å²) >= 11 is 6.88. The molecule has 5 nitrogen and oxygen atoms in total. The summed E-state index contributed by atoms with van der Waals surface area (Å²) in [6.07, 6.45) is 0. The normalized spacial score (nSPS) is 10.1. The fourth-order valence-electron chi connectivity index (χ4n) is 0.535. The smallest absolute Gasteiger partial charge is 0.353 e. The molecule has 0 spiro atoms. The molecule has 0 saturated heterocycles. The third-order valence-corrected chi connectivity index (χ3v) is 2.08. The Bertz CT molecular complexity index is 416. The Morgan fingerprint density at radius 1 is 1.60 bits per heavy atom. The van der Waals surface area contributed by atoms with E-state index in [1.165, 1.54) is 18.4 Å². The van der Waals surface area contributed by atoms with Gasteiger partial charge in [0.2, 0.25) is 0 Å². The molecule has 0 aliphatic heterocycles. The summed E-state index contributed by atoms with van der Waals surface area (Å²) in [4.78, 5) is 10.8. The predicted molar refractivity (Wildman–Crippen MR) is 58.1 cm³/mol. The molecule has 0 saturated carbocycles.